The third-order valence-corrected chi connectivity index (χ3v) is 7.04. The van der Waals surface area contributed by atoms with Crippen molar-refractivity contribution in [3.05, 3.63) is 35.5 Å². The van der Waals surface area contributed by atoms with E-state index in [9.17, 15) is 9.59 Å². The molecule has 2 fully saturated rings. The highest BCUT2D eigenvalue weighted by Crippen LogP contribution is 2.25. The summed E-state index contributed by atoms with van der Waals surface area (Å²) >= 11 is 0. The summed E-state index contributed by atoms with van der Waals surface area (Å²) in [7, 11) is 0. The summed E-state index contributed by atoms with van der Waals surface area (Å²) in [5.41, 5.74) is 2.76. The third kappa shape index (κ3) is 4.16. The zero-order valence-corrected chi connectivity index (χ0v) is 18.4. The highest BCUT2D eigenvalue weighted by Gasteiger charge is 2.32. The van der Waals surface area contributed by atoms with Crippen LogP contribution in [0.1, 0.15) is 55.6 Å². The van der Waals surface area contributed by atoms with Crippen LogP contribution in [0.15, 0.2) is 24.3 Å². The number of benzene rings is 1. The first-order valence-corrected chi connectivity index (χ1v) is 11.4. The number of piperazine rings is 1. The van der Waals surface area contributed by atoms with Crippen molar-refractivity contribution >= 4 is 22.6 Å². The molecule has 1 saturated heterocycles. The number of nitrogens with one attached hydrogen (secondary N) is 2. The summed E-state index contributed by atoms with van der Waals surface area (Å²) in [5.74, 6) is 0.319. The molecule has 2 aliphatic rings. The van der Waals surface area contributed by atoms with Gasteiger partial charge >= 0.3 is 0 Å². The van der Waals surface area contributed by atoms with E-state index in [1.54, 1.807) is 0 Å². The van der Waals surface area contributed by atoms with Crippen LogP contribution in [0.25, 0.3) is 10.9 Å². The number of H-pyrrole nitrogens is 1. The van der Waals surface area contributed by atoms with Crippen LogP contribution in [-0.4, -0.2) is 70.8 Å². The van der Waals surface area contributed by atoms with Gasteiger partial charge in [-0.25, -0.2) is 0 Å². The molecule has 2 N–H and O–H groups in total. The van der Waals surface area contributed by atoms with Gasteiger partial charge in [0.05, 0.1) is 12.1 Å². The van der Waals surface area contributed by atoms with Crippen molar-refractivity contribution in [1.82, 2.24) is 20.1 Å². The molecule has 1 saturated carbocycles. The van der Waals surface area contributed by atoms with E-state index in [0.717, 1.165) is 61.2 Å². The van der Waals surface area contributed by atoms with E-state index in [1.807, 2.05) is 45.0 Å². The largest absolute Gasteiger partial charge is 0.358 e. The highest BCUT2D eigenvalue weighted by molar-refractivity contribution is 6.11. The topological polar surface area (TPSA) is 68.4 Å². The second kappa shape index (κ2) is 8.90. The van der Waals surface area contributed by atoms with E-state index in [2.05, 4.69) is 20.1 Å². The van der Waals surface area contributed by atoms with Gasteiger partial charge in [0.15, 0.2) is 5.78 Å². The Bertz CT molecular complexity index is 907. The van der Waals surface area contributed by atoms with Crippen molar-refractivity contribution in [3.8, 4) is 0 Å². The summed E-state index contributed by atoms with van der Waals surface area (Å²) in [6, 6.07) is 8.07. The molecule has 6 nitrogen and oxygen atoms in total. The minimum atomic E-state index is -0.173. The zero-order valence-electron chi connectivity index (χ0n) is 18.4. The summed E-state index contributed by atoms with van der Waals surface area (Å²) in [6.45, 7) is 9.21. The average molecular weight is 411 g/mol. The lowest BCUT2D eigenvalue weighted by Gasteiger charge is -2.39. The monoisotopic (exact) mass is 410 g/mol. The molecular weight excluding hydrogens is 376 g/mol. The molecule has 30 heavy (non-hydrogen) atoms. The van der Waals surface area contributed by atoms with Gasteiger partial charge in [0.25, 0.3) is 0 Å². The fraction of sp³-hybridized carbons (Fsp3) is 0.583. The van der Waals surface area contributed by atoms with Crippen LogP contribution in [0.5, 0.6) is 0 Å². The molecule has 0 radical (unpaired) electrons. The average Bonchev–Trinajstić information content (AvgIpc) is 3.38. The second-order valence-corrected chi connectivity index (χ2v) is 8.95. The maximum atomic E-state index is 13.3. The Hall–Kier alpha value is -2.18. The fourth-order valence-corrected chi connectivity index (χ4v) is 5.04. The van der Waals surface area contributed by atoms with E-state index in [-0.39, 0.29) is 23.8 Å². The lowest BCUT2D eigenvalue weighted by Crippen LogP contribution is -2.57. The van der Waals surface area contributed by atoms with E-state index in [0.29, 0.717) is 6.04 Å². The van der Waals surface area contributed by atoms with Gasteiger partial charge in [0.1, 0.15) is 0 Å². The molecule has 1 aliphatic heterocycles. The van der Waals surface area contributed by atoms with Crippen molar-refractivity contribution < 1.29 is 9.59 Å². The number of amides is 1. The number of carbonyl (C=O) groups excluding carboxylic acids is 2. The summed E-state index contributed by atoms with van der Waals surface area (Å²) in [6.07, 6.45) is 4.66. The Morgan fingerprint density at radius 1 is 1.00 bits per heavy atom. The van der Waals surface area contributed by atoms with Crippen LogP contribution >= 0.6 is 0 Å². The highest BCUT2D eigenvalue weighted by atomic mass is 16.2. The molecule has 4 rings (SSSR count). The Balaban J connectivity index is 1.35. The zero-order chi connectivity index (χ0) is 21.3. The molecule has 1 aromatic carbocycles. The Labute approximate surface area is 179 Å². The lowest BCUT2D eigenvalue weighted by molar-refractivity contribution is -0.127. The standard InChI is InChI=1S/C24H34N4O2/c1-16-22(20-10-6-7-11-21(20)25-16)23(29)17(2)27-12-14-28(15-13-27)18(3)24(30)26-19-8-4-5-9-19/h6-7,10-11,17-19,25H,4-5,8-9,12-15H2,1-3H3,(H,26,30). The number of fused-ring (bicyclic) bond motifs is 1. The van der Waals surface area contributed by atoms with Crippen LogP contribution < -0.4 is 5.32 Å². The Morgan fingerprint density at radius 3 is 2.27 bits per heavy atom. The van der Waals surface area contributed by atoms with Gasteiger partial charge in [0, 0.05) is 54.4 Å². The number of rotatable bonds is 6. The number of carbonyl (C=O) groups is 2. The Morgan fingerprint density at radius 2 is 1.60 bits per heavy atom. The van der Waals surface area contributed by atoms with Crippen LogP contribution in [0.3, 0.4) is 0 Å². The number of Topliss-reactive ketones (excluding diaryl/α,β-unsaturated/α-hetero) is 1. The van der Waals surface area contributed by atoms with E-state index in [4.69, 9.17) is 0 Å². The number of hydrogen-bond donors (Lipinski definition) is 2. The maximum Gasteiger partial charge on any atom is 0.237 e. The summed E-state index contributed by atoms with van der Waals surface area (Å²) in [4.78, 5) is 33.8. The summed E-state index contributed by atoms with van der Waals surface area (Å²) < 4.78 is 0. The smallest absolute Gasteiger partial charge is 0.237 e. The molecule has 162 valence electrons. The van der Waals surface area contributed by atoms with Crippen LogP contribution in [0.2, 0.25) is 0 Å². The molecule has 6 heteroatoms. The van der Waals surface area contributed by atoms with Gasteiger partial charge in [-0.3, -0.25) is 19.4 Å². The number of para-hydroxylation sites is 1. The predicted molar refractivity (Wildman–Crippen MR) is 120 cm³/mol. The second-order valence-electron chi connectivity index (χ2n) is 8.95. The van der Waals surface area contributed by atoms with Gasteiger partial charge in [-0.1, -0.05) is 31.0 Å². The van der Waals surface area contributed by atoms with E-state index in [1.165, 1.54) is 12.8 Å². The van der Waals surface area contributed by atoms with E-state index < -0.39 is 0 Å². The van der Waals surface area contributed by atoms with Crippen molar-refractivity contribution in [2.75, 3.05) is 26.2 Å². The molecule has 0 spiro atoms. The lowest BCUT2D eigenvalue weighted by atomic mass is 10.00. The van der Waals surface area contributed by atoms with Gasteiger partial charge in [-0.2, -0.15) is 0 Å². The predicted octanol–water partition coefficient (Wildman–Crippen LogP) is 3.11. The first kappa shape index (κ1) is 21.1. The number of aromatic nitrogens is 1. The molecule has 1 amide bonds. The number of ketones is 1. The first-order chi connectivity index (χ1) is 14.5. The molecule has 2 heterocycles. The minimum Gasteiger partial charge on any atom is -0.358 e. The van der Waals surface area contributed by atoms with Crippen molar-refractivity contribution in [3.63, 3.8) is 0 Å². The normalized spacial score (nSPS) is 21.0. The van der Waals surface area contributed by atoms with Gasteiger partial charge < -0.3 is 10.3 Å². The SMILES string of the molecule is Cc1[nH]c2ccccc2c1C(=O)C(C)N1CCN(C(C)C(=O)NC2CCCC2)CC1. The first-order valence-electron chi connectivity index (χ1n) is 11.4. The van der Waals surface area contributed by atoms with Gasteiger partial charge in [-0.15, -0.1) is 0 Å². The quantitative estimate of drug-likeness (QED) is 0.718. The molecular formula is C24H34N4O2. The minimum absolute atomic E-state index is 0.116. The molecule has 2 atom stereocenters. The third-order valence-electron chi connectivity index (χ3n) is 7.04. The maximum absolute atomic E-state index is 13.3. The molecule has 2 unspecified atom stereocenters. The Kier molecular flexibility index (Phi) is 6.25. The van der Waals surface area contributed by atoms with E-state index >= 15 is 0 Å². The molecule has 1 aromatic heterocycles. The number of hydrogen-bond acceptors (Lipinski definition) is 4. The fourth-order valence-electron chi connectivity index (χ4n) is 5.04. The van der Waals surface area contributed by atoms with Gasteiger partial charge in [0.2, 0.25) is 5.91 Å². The number of aryl methyl sites for hydroxylation is 1. The molecule has 2 aromatic rings. The summed E-state index contributed by atoms with van der Waals surface area (Å²) in [5, 5.41) is 4.22. The van der Waals surface area contributed by atoms with Gasteiger partial charge in [-0.05, 0) is 39.7 Å². The molecule has 0 bridgehead atoms. The number of nitrogens with zero attached hydrogens (tertiary/aromatic N) is 2. The number of aromatic amines is 1. The van der Waals surface area contributed by atoms with Crippen LogP contribution in [0, 0.1) is 6.92 Å². The van der Waals surface area contributed by atoms with Crippen LogP contribution in [0.4, 0.5) is 0 Å². The van der Waals surface area contributed by atoms with Crippen molar-refractivity contribution in [2.45, 2.75) is 64.6 Å². The van der Waals surface area contributed by atoms with Crippen molar-refractivity contribution in [2.24, 2.45) is 0 Å². The van der Waals surface area contributed by atoms with Crippen molar-refractivity contribution in [1.29, 1.82) is 0 Å². The van der Waals surface area contributed by atoms with Crippen LogP contribution in [-0.2, 0) is 4.79 Å². The molecule has 1 aliphatic carbocycles.